The fraction of sp³-hybridized carbons (Fsp3) is 0.600. The lowest BCUT2D eigenvalue weighted by Gasteiger charge is -2.17. The summed E-state index contributed by atoms with van der Waals surface area (Å²) in [6.07, 6.45) is 9.69. The average molecular weight is 207 g/mol. The van der Waals surface area contributed by atoms with Crippen molar-refractivity contribution < 1.29 is 0 Å². The molecule has 0 aromatic rings. The third-order valence-electron chi connectivity index (χ3n) is 1.85. The lowest BCUT2D eigenvalue weighted by molar-refractivity contribution is 0.293. The van der Waals surface area contributed by atoms with Gasteiger partial charge in [-0.05, 0) is 6.42 Å². The van der Waals surface area contributed by atoms with Crippen molar-refractivity contribution >= 4 is 0 Å². The number of rotatable bonds is 3. The first-order valence-corrected chi connectivity index (χ1v) is 4.90. The van der Waals surface area contributed by atoms with Gasteiger partial charge in [-0.15, -0.1) is 0 Å². The minimum Gasteiger partial charge on any atom is -0.362 e. The Kier molecular flexibility index (Phi) is 7.62. The molecule has 1 aliphatic heterocycles. The first kappa shape index (κ1) is 13.1. The van der Waals surface area contributed by atoms with Crippen LogP contribution in [0.15, 0.2) is 12.4 Å². The van der Waals surface area contributed by atoms with Crippen molar-refractivity contribution in [2.24, 2.45) is 0 Å². The lowest BCUT2D eigenvalue weighted by atomic mass is 10.3. The smallest absolute Gasteiger partial charge is 0.190 e. The van der Waals surface area contributed by atoms with E-state index in [4.69, 9.17) is 10.5 Å². The van der Waals surface area contributed by atoms with Gasteiger partial charge in [0.2, 0.25) is 0 Å². The maximum atomic E-state index is 7.48. The summed E-state index contributed by atoms with van der Waals surface area (Å²) >= 11 is 0. The van der Waals surface area contributed by atoms with Crippen LogP contribution in [-0.4, -0.2) is 30.1 Å². The molecule has 15 heavy (non-hydrogen) atoms. The molecule has 1 aliphatic rings. The summed E-state index contributed by atoms with van der Waals surface area (Å²) < 4.78 is 0. The van der Waals surface area contributed by atoms with Crippen LogP contribution < -0.4 is 5.32 Å². The lowest BCUT2D eigenvalue weighted by Crippen LogP contribution is -2.23. The highest BCUT2D eigenvalue weighted by atomic mass is 15.3. The summed E-state index contributed by atoms with van der Waals surface area (Å²) in [5, 5.41) is 16.7. The summed E-state index contributed by atoms with van der Waals surface area (Å²) in [5.74, 6) is 0. The van der Waals surface area contributed by atoms with Gasteiger partial charge in [-0.1, -0.05) is 13.3 Å². The minimum absolute atomic E-state index is 1.07. The van der Waals surface area contributed by atoms with E-state index in [0.29, 0.717) is 0 Å². The number of hydrogen-bond donors (Lipinski definition) is 1. The van der Waals surface area contributed by atoms with E-state index in [9.17, 15) is 0 Å². The van der Waals surface area contributed by atoms with Gasteiger partial charge < -0.3 is 9.80 Å². The molecular weight excluding hydrogens is 190 g/mol. The van der Waals surface area contributed by atoms with Crippen LogP contribution in [0.4, 0.5) is 0 Å². The van der Waals surface area contributed by atoms with Gasteiger partial charge in [0, 0.05) is 26.0 Å². The molecular formula is C10H17N5. The molecule has 1 heterocycles. The number of hydrogen-bond acceptors (Lipinski definition) is 5. The molecule has 1 rings (SSSR count). The van der Waals surface area contributed by atoms with Crippen molar-refractivity contribution in [3.63, 3.8) is 0 Å². The number of nitrogens with zero attached hydrogens (tertiary/aromatic N) is 4. The van der Waals surface area contributed by atoms with Gasteiger partial charge >= 0.3 is 0 Å². The molecule has 0 saturated heterocycles. The molecule has 5 heteroatoms. The van der Waals surface area contributed by atoms with Gasteiger partial charge in [0.15, 0.2) is 12.4 Å². The highest BCUT2D eigenvalue weighted by molar-refractivity contribution is 4.88. The molecule has 0 amide bonds. The number of nitriles is 2. The van der Waals surface area contributed by atoms with Crippen LogP contribution in [0.25, 0.3) is 0 Å². The Balaban J connectivity index is 0.000000336. The molecule has 0 aromatic carbocycles. The summed E-state index contributed by atoms with van der Waals surface area (Å²) in [5.41, 5.74) is 0. The molecule has 0 fully saturated rings. The van der Waals surface area contributed by atoms with Crippen LogP contribution in [0.2, 0.25) is 0 Å². The van der Waals surface area contributed by atoms with Crippen molar-refractivity contribution in [1.82, 2.24) is 15.1 Å². The van der Waals surface area contributed by atoms with Gasteiger partial charge in [-0.2, -0.15) is 10.5 Å². The fourth-order valence-electron chi connectivity index (χ4n) is 1.12. The first-order chi connectivity index (χ1) is 7.24. The molecule has 82 valence electrons. The molecule has 0 aromatic heterocycles. The van der Waals surface area contributed by atoms with Crippen molar-refractivity contribution in [3.8, 4) is 12.4 Å². The summed E-state index contributed by atoms with van der Waals surface area (Å²) in [4.78, 5) is 4.53. The molecule has 0 aliphatic carbocycles. The zero-order chi connectivity index (χ0) is 11.5. The molecule has 5 nitrogen and oxygen atoms in total. The quantitative estimate of drug-likeness (QED) is 0.552. The maximum Gasteiger partial charge on any atom is 0.190 e. The standard InChI is InChI=1S/C8H16N2.C2HN3/c1-3-4-5-10-7-6-9(2)8-10;3-1-5-2-4/h6-7H,3-5,8H2,1-2H3;5H. The highest BCUT2D eigenvalue weighted by Crippen LogP contribution is 2.04. The summed E-state index contributed by atoms with van der Waals surface area (Å²) in [6, 6.07) is 0. The van der Waals surface area contributed by atoms with Gasteiger partial charge in [0.25, 0.3) is 0 Å². The molecule has 0 radical (unpaired) electrons. The van der Waals surface area contributed by atoms with Gasteiger partial charge in [0.05, 0.1) is 6.67 Å². The van der Waals surface area contributed by atoms with E-state index in [1.54, 1.807) is 5.32 Å². The number of unbranched alkanes of at least 4 members (excludes halogenated alkanes) is 1. The van der Waals surface area contributed by atoms with E-state index in [-0.39, 0.29) is 0 Å². The van der Waals surface area contributed by atoms with E-state index < -0.39 is 0 Å². The van der Waals surface area contributed by atoms with E-state index in [0.717, 1.165) is 6.67 Å². The average Bonchev–Trinajstić information content (AvgIpc) is 2.63. The van der Waals surface area contributed by atoms with E-state index in [1.807, 2.05) is 0 Å². The van der Waals surface area contributed by atoms with Crippen molar-refractivity contribution in [3.05, 3.63) is 12.4 Å². The van der Waals surface area contributed by atoms with Crippen LogP contribution in [-0.2, 0) is 0 Å². The predicted molar refractivity (Wildman–Crippen MR) is 57.7 cm³/mol. The molecule has 0 unspecified atom stereocenters. The minimum atomic E-state index is 1.07. The zero-order valence-electron chi connectivity index (χ0n) is 9.27. The Morgan fingerprint density at radius 2 is 2.00 bits per heavy atom. The van der Waals surface area contributed by atoms with Crippen LogP contribution in [0, 0.1) is 22.9 Å². The SMILES string of the molecule is CCCCN1C=CN(C)C1.N#CNC#N. The third kappa shape index (κ3) is 7.21. The molecule has 0 spiro atoms. The van der Waals surface area contributed by atoms with Gasteiger partial charge in [-0.25, -0.2) is 5.32 Å². The van der Waals surface area contributed by atoms with Crippen LogP contribution in [0.3, 0.4) is 0 Å². The molecule has 0 saturated carbocycles. The Labute approximate surface area is 91.2 Å². The Morgan fingerprint density at radius 1 is 1.33 bits per heavy atom. The maximum absolute atomic E-state index is 7.48. The van der Waals surface area contributed by atoms with Crippen molar-refractivity contribution in [1.29, 1.82) is 10.5 Å². The number of nitrogens with one attached hydrogen (secondary N) is 1. The third-order valence-corrected chi connectivity index (χ3v) is 1.85. The second kappa shape index (κ2) is 8.71. The van der Waals surface area contributed by atoms with E-state index in [2.05, 4.69) is 36.2 Å². The Bertz CT molecular complexity index is 248. The van der Waals surface area contributed by atoms with Crippen LogP contribution in [0.1, 0.15) is 19.8 Å². The van der Waals surface area contributed by atoms with Crippen molar-refractivity contribution in [2.45, 2.75) is 19.8 Å². The molecule has 0 bridgehead atoms. The summed E-state index contributed by atoms with van der Waals surface area (Å²) in [6.45, 7) is 4.50. The monoisotopic (exact) mass is 207 g/mol. The largest absolute Gasteiger partial charge is 0.362 e. The summed E-state index contributed by atoms with van der Waals surface area (Å²) in [7, 11) is 2.10. The first-order valence-electron chi connectivity index (χ1n) is 4.90. The second-order valence-electron chi connectivity index (χ2n) is 3.21. The fourth-order valence-corrected chi connectivity index (χ4v) is 1.12. The Hall–Kier alpha value is -1.88. The molecule has 1 N–H and O–H groups in total. The Morgan fingerprint density at radius 3 is 2.33 bits per heavy atom. The van der Waals surface area contributed by atoms with Crippen LogP contribution >= 0.6 is 0 Å². The van der Waals surface area contributed by atoms with Gasteiger partial charge in [0.1, 0.15) is 0 Å². The van der Waals surface area contributed by atoms with Crippen molar-refractivity contribution in [2.75, 3.05) is 20.3 Å². The van der Waals surface area contributed by atoms with E-state index >= 15 is 0 Å². The second-order valence-corrected chi connectivity index (χ2v) is 3.21. The normalized spacial score (nSPS) is 12.5. The predicted octanol–water partition coefficient (Wildman–Crippen LogP) is 1.00. The zero-order valence-corrected chi connectivity index (χ0v) is 9.27. The molecule has 0 atom stereocenters. The van der Waals surface area contributed by atoms with Gasteiger partial charge in [-0.3, -0.25) is 0 Å². The van der Waals surface area contributed by atoms with Crippen LogP contribution in [0.5, 0.6) is 0 Å². The highest BCUT2D eigenvalue weighted by Gasteiger charge is 2.05. The van der Waals surface area contributed by atoms with E-state index in [1.165, 1.54) is 31.8 Å². The topological polar surface area (TPSA) is 66.1 Å².